The summed E-state index contributed by atoms with van der Waals surface area (Å²) in [6.45, 7) is 3.96. The summed E-state index contributed by atoms with van der Waals surface area (Å²) in [5.41, 5.74) is -0.424. The monoisotopic (exact) mass is 403 g/mol. The highest BCUT2D eigenvalue weighted by Crippen LogP contribution is 2.31. The molecular formula is C20H29N5O4. The molecule has 0 spiro atoms. The average Bonchev–Trinajstić information content (AvgIpc) is 2.68. The van der Waals surface area contributed by atoms with E-state index in [0.29, 0.717) is 0 Å². The predicted octanol–water partition coefficient (Wildman–Crippen LogP) is 1.84. The van der Waals surface area contributed by atoms with E-state index in [1.165, 1.54) is 40.5 Å². The van der Waals surface area contributed by atoms with E-state index < -0.39 is 5.56 Å². The molecule has 0 saturated heterocycles. The standard InChI is InChI=1S/C20H29N5O4/c1-7-9-12(2)21-15-16(20(29)25(6)24(5)19(15)28)22-14-11-8-10-13(17(14)26)18(27)23(3)4/h8,10-12,21-22,26H,7,9H2,1-6H3. The van der Waals surface area contributed by atoms with Crippen molar-refractivity contribution in [3.8, 4) is 5.75 Å². The number of nitrogens with one attached hydrogen (secondary N) is 2. The van der Waals surface area contributed by atoms with E-state index in [1.54, 1.807) is 20.2 Å². The summed E-state index contributed by atoms with van der Waals surface area (Å²) in [5, 5.41) is 16.6. The number of rotatable bonds is 7. The van der Waals surface area contributed by atoms with Crippen molar-refractivity contribution in [3.63, 3.8) is 0 Å². The van der Waals surface area contributed by atoms with Crippen molar-refractivity contribution < 1.29 is 9.90 Å². The van der Waals surface area contributed by atoms with Crippen molar-refractivity contribution in [3.05, 3.63) is 44.5 Å². The molecule has 158 valence electrons. The molecule has 0 fully saturated rings. The molecule has 0 saturated carbocycles. The number of aromatic nitrogens is 2. The van der Waals surface area contributed by atoms with Crippen molar-refractivity contribution in [2.45, 2.75) is 32.7 Å². The van der Waals surface area contributed by atoms with E-state index in [-0.39, 0.29) is 45.9 Å². The van der Waals surface area contributed by atoms with Gasteiger partial charge >= 0.3 is 0 Å². The van der Waals surface area contributed by atoms with Crippen LogP contribution in [0.4, 0.5) is 17.1 Å². The first kappa shape index (κ1) is 22.1. The van der Waals surface area contributed by atoms with Gasteiger partial charge in [-0.25, -0.2) is 9.36 Å². The molecule has 0 aliphatic rings. The van der Waals surface area contributed by atoms with Crippen LogP contribution in [0.15, 0.2) is 27.8 Å². The van der Waals surface area contributed by atoms with Crippen LogP contribution in [0.3, 0.4) is 0 Å². The highest BCUT2D eigenvalue weighted by Gasteiger charge is 2.21. The second-order valence-electron chi connectivity index (χ2n) is 7.27. The van der Waals surface area contributed by atoms with E-state index in [9.17, 15) is 19.5 Å². The van der Waals surface area contributed by atoms with Gasteiger partial charge in [-0.2, -0.15) is 0 Å². The number of amides is 1. The molecule has 0 bridgehead atoms. The fourth-order valence-corrected chi connectivity index (χ4v) is 3.00. The maximum atomic E-state index is 12.9. The van der Waals surface area contributed by atoms with Gasteiger partial charge in [-0.05, 0) is 25.5 Å². The highest BCUT2D eigenvalue weighted by molar-refractivity contribution is 5.98. The molecule has 29 heavy (non-hydrogen) atoms. The van der Waals surface area contributed by atoms with E-state index >= 15 is 0 Å². The van der Waals surface area contributed by atoms with Crippen LogP contribution in [0.5, 0.6) is 5.75 Å². The number of benzene rings is 1. The Bertz CT molecular complexity index is 1020. The summed E-state index contributed by atoms with van der Waals surface area (Å²) in [6.07, 6.45) is 1.73. The van der Waals surface area contributed by atoms with Gasteiger partial charge < -0.3 is 20.6 Å². The molecule has 9 nitrogen and oxygen atoms in total. The van der Waals surface area contributed by atoms with Gasteiger partial charge in [-0.1, -0.05) is 19.4 Å². The Kier molecular flexibility index (Phi) is 6.73. The molecule has 1 aromatic carbocycles. The highest BCUT2D eigenvalue weighted by atomic mass is 16.3. The SMILES string of the molecule is CCCC(C)Nc1c(Nc2cccc(C(=O)N(C)C)c2O)c(=O)n(C)n(C)c1=O. The number of phenolic OH excluding ortho intramolecular Hbond substituents is 1. The van der Waals surface area contributed by atoms with Crippen molar-refractivity contribution in [1.82, 2.24) is 14.3 Å². The molecule has 2 rings (SSSR count). The summed E-state index contributed by atoms with van der Waals surface area (Å²) in [6, 6.07) is 4.60. The van der Waals surface area contributed by atoms with Gasteiger partial charge in [0.2, 0.25) is 0 Å². The molecule has 1 amide bonds. The number of carbonyl (C=O) groups is 1. The maximum absolute atomic E-state index is 12.9. The van der Waals surface area contributed by atoms with Gasteiger partial charge in [0.25, 0.3) is 17.0 Å². The lowest BCUT2D eigenvalue weighted by atomic mass is 10.1. The molecule has 1 atom stereocenters. The normalized spacial score (nSPS) is 11.8. The predicted molar refractivity (Wildman–Crippen MR) is 114 cm³/mol. The van der Waals surface area contributed by atoms with Gasteiger partial charge in [-0.15, -0.1) is 0 Å². The van der Waals surface area contributed by atoms with Gasteiger partial charge in [0, 0.05) is 34.2 Å². The molecular weight excluding hydrogens is 374 g/mol. The molecule has 0 radical (unpaired) electrons. The largest absolute Gasteiger partial charge is 0.505 e. The number of hydrogen-bond acceptors (Lipinski definition) is 6. The van der Waals surface area contributed by atoms with Crippen LogP contribution in [-0.4, -0.2) is 45.4 Å². The van der Waals surface area contributed by atoms with E-state index in [2.05, 4.69) is 10.6 Å². The van der Waals surface area contributed by atoms with Crippen LogP contribution < -0.4 is 21.8 Å². The van der Waals surface area contributed by atoms with Crippen molar-refractivity contribution >= 4 is 23.0 Å². The Morgan fingerprint density at radius 2 is 1.72 bits per heavy atom. The number of carbonyl (C=O) groups excluding carboxylic acids is 1. The number of aromatic hydroxyl groups is 1. The lowest BCUT2D eigenvalue weighted by molar-refractivity contribution is 0.0824. The van der Waals surface area contributed by atoms with Crippen LogP contribution >= 0.6 is 0 Å². The van der Waals surface area contributed by atoms with Crippen LogP contribution in [-0.2, 0) is 14.1 Å². The fourth-order valence-electron chi connectivity index (χ4n) is 3.00. The topological polar surface area (TPSA) is 109 Å². The zero-order chi connectivity index (χ0) is 21.9. The molecule has 3 N–H and O–H groups in total. The first-order valence-corrected chi connectivity index (χ1v) is 9.47. The molecule has 1 aromatic heterocycles. The number of nitrogens with zero attached hydrogens (tertiary/aromatic N) is 3. The third-order valence-electron chi connectivity index (χ3n) is 4.76. The summed E-state index contributed by atoms with van der Waals surface area (Å²) >= 11 is 0. The smallest absolute Gasteiger partial charge is 0.290 e. The van der Waals surface area contributed by atoms with E-state index in [4.69, 9.17) is 0 Å². The first-order valence-electron chi connectivity index (χ1n) is 9.47. The van der Waals surface area contributed by atoms with Gasteiger partial charge in [0.05, 0.1) is 11.3 Å². The third kappa shape index (κ3) is 4.44. The number of para-hydroxylation sites is 1. The molecule has 2 aromatic rings. The van der Waals surface area contributed by atoms with Crippen molar-refractivity contribution in [1.29, 1.82) is 0 Å². The lowest BCUT2D eigenvalue weighted by Crippen LogP contribution is -2.39. The van der Waals surface area contributed by atoms with Crippen molar-refractivity contribution in [2.24, 2.45) is 14.1 Å². The Balaban J connectivity index is 2.61. The zero-order valence-corrected chi connectivity index (χ0v) is 17.7. The van der Waals surface area contributed by atoms with Crippen molar-refractivity contribution in [2.75, 3.05) is 24.7 Å². The Morgan fingerprint density at radius 3 is 2.28 bits per heavy atom. The molecule has 0 aliphatic heterocycles. The van der Waals surface area contributed by atoms with E-state index in [1.807, 2.05) is 13.8 Å². The quantitative estimate of drug-likeness (QED) is 0.609. The lowest BCUT2D eigenvalue weighted by Gasteiger charge is -2.20. The first-order chi connectivity index (χ1) is 13.6. The molecule has 1 heterocycles. The summed E-state index contributed by atoms with van der Waals surface area (Å²) in [7, 11) is 6.16. The molecule has 9 heteroatoms. The minimum absolute atomic E-state index is 0.0169. The van der Waals surface area contributed by atoms with Crippen LogP contribution in [0.25, 0.3) is 0 Å². The number of anilines is 3. The minimum atomic E-state index is -0.443. The fraction of sp³-hybridized carbons (Fsp3) is 0.450. The maximum Gasteiger partial charge on any atom is 0.290 e. The van der Waals surface area contributed by atoms with E-state index in [0.717, 1.165) is 12.8 Å². The minimum Gasteiger partial charge on any atom is -0.505 e. The van der Waals surface area contributed by atoms with Crippen LogP contribution in [0, 0.1) is 0 Å². The second-order valence-corrected chi connectivity index (χ2v) is 7.27. The Morgan fingerprint density at radius 1 is 1.14 bits per heavy atom. The summed E-state index contributed by atoms with van der Waals surface area (Å²) in [4.78, 5) is 39.3. The Hall–Kier alpha value is -3.23. The van der Waals surface area contributed by atoms with Gasteiger partial charge in [-0.3, -0.25) is 14.4 Å². The van der Waals surface area contributed by atoms with Gasteiger partial charge in [0.1, 0.15) is 11.4 Å². The summed E-state index contributed by atoms with van der Waals surface area (Å²) in [5.74, 6) is -0.667. The molecule has 1 unspecified atom stereocenters. The summed E-state index contributed by atoms with van der Waals surface area (Å²) < 4.78 is 2.41. The third-order valence-corrected chi connectivity index (χ3v) is 4.76. The van der Waals surface area contributed by atoms with Crippen LogP contribution in [0.1, 0.15) is 37.0 Å². The zero-order valence-electron chi connectivity index (χ0n) is 17.7. The average molecular weight is 403 g/mol. The number of hydrogen-bond donors (Lipinski definition) is 3. The molecule has 0 aliphatic carbocycles. The second kappa shape index (κ2) is 8.85. The van der Waals surface area contributed by atoms with Crippen LogP contribution in [0.2, 0.25) is 0 Å². The number of phenols is 1. The van der Waals surface area contributed by atoms with Gasteiger partial charge in [0.15, 0.2) is 5.75 Å². The Labute approximate surface area is 169 Å².